The molecule has 0 saturated carbocycles. The van der Waals surface area contributed by atoms with Crippen molar-refractivity contribution in [3.63, 3.8) is 0 Å². The number of benzene rings is 1. The second-order valence-corrected chi connectivity index (χ2v) is 5.04. The highest BCUT2D eigenvalue weighted by Gasteiger charge is 2.30. The summed E-state index contributed by atoms with van der Waals surface area (Å²) in [6, 6.07) is 4.90. The molecule has 1 heterocycles. The molecule has 2 rings (SSSR count). The Morgan fingerprint density at radius 3 is 2.64 bits per heavy atom. The largest absolute Gasteiger partial charge is 0.416 e. The van der Waals surface area contributed by atoms with Gasteiger partial charge in [0, 0.05) is 13.1 Å². The third kappa shape index (κ3) is 4.25. The van der Waals surface area contributed by atoms with Crippen LogP contribution in [0.1, 0.15) is 24.5 Å². The molecule has 0 radical (unpaired) electrons. The van der Waals surface area contributed by atoms with Crippen molar-refractivity contribution in [1.82, 2.24) is 4.90 Å². The molecule has 22 heavy (non-hydrogen) atoms. The van der Waals surface area contributed by atoms with Gasteiger partial charge < -0.3 is 9.64 Å². The second-order valence-electron chi connectivity index (χ2n) is 5.04. The van der Waals surface area contributed by atoms with Gasteiger partial charge >= 0.3 is 6.18 Å². The Balaban J connectivity index is 1.84. The summed E-state index contributed by atoms with van der Waals surface area (Å²) < 4.78 is 43.0. The standard InChI is InChI=1S/C16H16F3NO2/c1-2-3-15(21)20-9-8-14(10-20)22-11-12-4-6-13(7-5-12)16(17,18)19/h4-7,14H,8-11H2,1H3. The van der Waals surface area contributed by atoms with E-state index in [-0.39, 0.29) is 18.6 Å². The fourth-order valence-corrected chi connectivity index (χ4v) is 2.24. The lowest BCUT2D eigenvalue weighted by atomic mass is 10.1. The van der Waals surface area contributed by atoms with Crippen molar-refractivity contribution in [2.45, 2.75) is 32.2 Å². The average Bonchev–Trinajstić information content (AvgIpc) is 2.94. The lowest BCUT2D eigenvalue weighted by molar-refractivity contribution is -0.137. The fraction of sp³-hybridized carbons (Fsp3) is 0.438. The topological polar surface area (TPSA) is 29.5 Å². The van der Waals surface area contributed by atoms with Crippen molar-refractivity contribution in [2.24, 2.45) is 0 Å². The number of carbonyl (C=O) groups excluding carboxylic acids is 1. The van der Waals surface area contributed by atoms with Crippen LogP contribution in [0.5, 0.6) is 0 Å². The van der Waals surface area contributed by atoms with Crippen molar-refractivity contribution < 1.29 is 22.7 Å². The summed E-state index contributed by atoms with van der Waals surface area (Å²) in [7, 11) is 0. The number of alkyl halides is 3. The quantitative estimate of drug-likeness (QED) is 0.803. The summed E-state index contributed by atoms with van der Waals surface area (Å²) in [6.07, 6.45) is -3.73. The molecule has 0 N–H and O–H groups in total. The van der Waals surface area contributed by atoms with Gasteiger partial charge in [-0.05, 0) is 37.0 Å². The van der Waals surface area contributed by atoms with Gasteiger partial charge in [-0.3, -0.25) is 4.79 Å². The predicted molar refractivity (Wildman–Crippen MR) is 74.7 cm³/mol. The monoisotopic (exact) mass is 311 g/mol. The number of hydrogen-bond acceptors (Lipinski definition) is 2. The van der Waals surface area contributed by atoms with E-state index in [4.69, 9.17) is 4.74 Å². The summed E-state index contributed by atoms with van der Waals surface area (Å²) in [5.74, 6) is 4.82. The van der Waals surface area contributed by atoms with Crippen LogP contribution in [0.2, 0.25) is 0 Å². The first-order valence-corrected chi connectivity index (χ1v) is 6.89. The third-order valence-electron chi connectivity index (χ3n) is 3.43. The molecule has 3 nitrogen and oxygen atoms in total. The minimum absolute atomic E-state index is 0.107. The highest BCUT2D eigenvalue weighted by molar-refractivity contribution is 5.93. The minimum Gasteiger partial charge on any atom is -0.372 e. The van der Waals surface area contributed by atoms with Crippen LogP contribution in [0, 0.1) is 11.8 Å². The molecule has 1 aromatic carbocycles. The van der Waals surface area contributed by atoms with Crippen molar-refractivity contribution in [3.05, 3.63) is 35.4 Å². The number of rotatable bonds is 3. The van der Waals surface area contributed by atoms with Crippen LogP contribution in [0.4, 0.5) is 13.2 Å². The van der Waals surface area contributed by atoms with Crippen LogP contribution in [-0.2, 0) is 22.3 Å². The molecule has 0 aliphatic carbocycles. The summed E-state index contributed by atoms with van der Waals surface area (Å²) in [5.41, 5.74) is -0.00171. The number of ether oxygens (including phenoxy) is 1. The smallest absolute Gasteiger partial charge is 0.372 e. The summed E-state index contributed by atoms with van der Waals surface area (Å²) in [6.45, 7) is 2.89. The number of likely N-dealkylation sites (tertiary alicyclic amines) is 1. The molecule has 1 unspecified atom stereocenters. The van der Waals surface area contributed by atoms with E-state index in [1.165, 1.54) is 12.1 Å². The molecular formula is C16H16F3NO2. The van der Waals surface area contributed by atoms with Gasteiger partial charge in [-0.15, -0.1) is 0 Å². The average molecular weight is 311 g/mol. The molecule has 1 saturated heterocycles. The molecule has 6 heteroatoms. The normalized spacial score (nSPS) is 18.0. The summed E-state index contributed by atoms with van der Waals surface area (Å²) in [4.78, 5) is 13.2. The van der Waals surface area contributed by atoms with Gasteiger partial charge in [0.2, 0.25) is 0 Å². The molecule has 1 amide bonds. The van der Waals surface area contributed by atoms with E-state index in [0.717, 1.165) is 12.1 Å². The van der Waals surface area contributed by atoms with E-state index in [9.17, 15) is 18.0 Å². The molecule has 1 atom stereocenters. The molecule has 1 aliphatic rings. The summed E-state index contributed by atoms with van der Waals surface area (Å²) in [5, 5.41) is 0. The predicted octanol–water partition coefficient (Wildman–Crippen LogP) is 2.85. The summed E-state index contributed by atoms with van der Waals surface area (Å²) >= 11 is 0. The molecule has 0 spiro atoms. The van der Waals surface area contributed by atoms with Gasteiger partial charge in [-0.2, -0.15) is 13.2 Å². The van der Waals surface area contributed by atoms with E-state index in [1.807, 2.05) is 0 Å². The first-order chi connectivity index (χ1) is 10.4. The van der Waals surface area contributed by atoms with Crippen LogP contribution in [-0.4, -0.2) is 30.0 Å². The van der Waals surface area contributed by atoms with Crippen LogP contribution < -0.4 is 0 Å². The highest BCUT2D eigenvalue weighted by atomic mass is 19.4. The zero-order valence-corrected chi connectivity index (χ0v) is 12.1. The van der Waals surface area contributed by atoms with Crippen molar-refractivity contribution in [3.8, 4) is 11.8 Å². The Morgan fingerprint density at radius 2 is 2.05 bits per heavy atom. The molecular weight excluding hydrogens is 295 g/mol. The maximum atomic E-state index is 12.5. The Labute approximate surface area is 127 Å². The molecule has 0 bridgehead atoms. The Bertz CT molecular complexity index is 584. The second kappa shape index (κ2) is 6.84. The van der Waals surface area contributed by atoms with Crippen LogP contribution in [0.25, 0.3) is 0 Å². The Kier molecular flexibility index (Phi) is 5.09. The van der Waals surface area contributed by atoms with Gasteiger partial charge in [-0.25, -0.2) is 0 Å². The number of nitrogens with zero attached hydrogens (tertiary/aromatic N) is 1. The van der Waals surface area contributed by atoms with Crippen molar-refractivity contribution in [1.29, 1.82) is 0 Å². The van der Waals surface area contributed by atoms with Gasteiger partial charge in [-0.1, -0.05) is 18.1 Å². The first-order valence-electron chi connectivity index (χ1n) is 6.89. The molecule has 1 aromatic rings. The maximum Gasteiger partial charge on any atom is 0.416 e. The Morgan fingerprint density at radius 1 is 1.36 bits per heavy atom. The zero-order valence-electron chi connectivity index (χ0n) is 12.1. The van der Waals surface area contributed by atoms with E-state index in [1.54, 1.807) is 11.8 Å². The van der Waals surface area contributed by atoms with Gasteiger partial charge in [0.15, 0.2) is 0 Å². The SMILES string of the molecule is CC#CC(=O)N1CCC(OCc2ccc(C(F)(F)F)cc2)C1. The molecule has 1 fully saturated rings. The van der Waals surface area contributed by atoms with Gasteiger partial charge in [0.25, 0.3) is 5.91 Å². The number of hydrogen-bond donors (Lipinski definition) is 0. The first kappa shape index (κ1) is 16.4. The molecule has 118 valence electrons. The maximum absolute atomic E-state index is 12.5. The minimum atomic E-state index is -4.33. The number of halogens is 3. The number of carbonyl (C=O) groups is 1. The van der Waals surface area contributed by atoms with Crippen molar-refractivity contribution >= 4 is 5.91 Å². The van der Waals surface area contributed by atoms with E-state index in [0.29, 0.717) is 25.1 Å². The highest BCUT2D eigenvalue weighted by Crippen LogP contribution is 2.29. The lowest BCUT2D eigenvalue weighted by Gasteiger charge is -2.14. The van der Waals surface area contributed by atoms with Crippen LogP contribution in [0.3, 0.4) is 0 Å². The molecule has 1 aliphatic heterocycles. The van der Waals surface area contributed by atoms with Crippen LogP contribution >= 0.6 is 0 Å². The van der Waals surface area contributed by atoms with E-state index in [2.05, 4.69) is 11.8 Å². The Hall–Kier alpha value is -2.00. The fourth-order valence-electron chi connectivity index (χ4n) is 2.24. The van der Waals surface area contributed by atoms with Gasteiger partial charge in [0.05, 0.1) is 18.3 Å². The zero-order chi connectivity index (χ0) is 16.2. The van der Waals surface area contributed by atoms with Crippen LogP contribution in [0.15, 0.2) is 24.3 Å². The molecule has 0 aromatic heterocycles. The lowest BCUT2D eigenvalue weighted by Crippen LogP contribution is -2.28. The number of amides is 1. The van der Waals surface area contributed by atoms with E-state index >= 15 is 0 Å². The van der Waals surface area contributed by atoms with Crippen molar-refractivity contribution in [2.75, 3.05) is 13.1 Å². The third-order valence-corrected chi connectivity index (χ3v) is 3.43. The van der Waals surface area contributed by atoms with E-state index < -0.39 is 11.7 Å². The van der Waals surface area contributed by atoms with Gasteiger partial charge in [0.1, 0.15) is 0 Å².